The molecule has 4 heteroatoms. The van der Waals surface area contributed by atoms with Crippen LogP contribution in [0.4, 0.5) is 0 Å². The third-order valence-corrected chi connectivity index (χ3v) is 2.31. The molecule has 0 bridgehead atoms. The fourth-order valence-electron chi connectivity index (χ4n) is 1.49. The monoisotopic (exact) mass is 192 g/mol. The number of benzene rings is 1. The zero-order chi connectivity index (χ0) is 10.1. The van der Waals surface area contributed by atoms with Crippen LogP contribution in [0.3, 0.4) is 0 Å². The van der Waals surface area contributed by atoms with Crippen molar-refractivity contribution in [2.75, 3.05) is 0 Å². The number of aliphatic hydroxyl groups is 1. The Kier molecular flexibility index (Phi) is 2.13. The number of aromatic amines is 2. The summed E-state index contributed by atoms with van der Waals surface area (Å²) in [5.41, 5.74) is 2.11. The maximum atomic E-state index is 11.0. The van der Waals surface area contributed by atoms with Crippen molar-refractivity contribution in [2.45, 2.75) is 19.4 Å². The molecule has 1 heterocycles. The summed E-state index contributed by atoms with van der Waals surface area (Å²) in [6.45, 7) is 1.91. The van der Waals surface area contributed by atoms with Crippen molar-refractivity contribution in [2.24, 2.45) is 0 Å². The highest BCUT2D eigenvalue weighted by atomic mass is 16.3. The summed E-state index contributed by atoms with van der Waals surface area (Å²) in [5.74, 6) is 0. The molecule has 74 valence electrons. The minimum Gasteiger partial charge on any atom is -0.388 e. The highest BCUT2D eigenvalue weighted by Crippen LogP contribution is 2.19. The standard InChI is InChI=1S/C10H12N2O2/c1-2-9(13)6-3-4-7-8(5-6)12-10(14)11-7/h3-5,9,13H,2H2,1H3,(H2,11,12,14)/t9-/m0/s1. The first-order chi connectivity index (χ1) is 6.70. The van der Waals surface area contributed by atoms with E-state index in [1.54, 1.807) is 12.1 Å². The Labute approximate surface area is 80.6 Å². The van der Waals surface area contributed by atoms with Crippen LogP contribution >= 0.6 is 0 Å². The molecule has 0 aliphatic carbocycles. The number of hydrogen-bond donors (Lipinski definition) is 3. The van der Waals surface area contributed by atoms with E-state index in [2.05, 4.69) is 9.97 Å². The van der Waals surface area contributed by atoms with Gasteiger partial charge in [-0.2, -0.15) is 0 Å². The van der Waals surface area contributed by atoms with E-state index in [1.165, 1.54) is 0 Å². The Morgan fingerprint density at radius 1 is 1.36 bits per heavy atom. The van der Waals surface area contributed by atoms with Gasteiger partial charge in [0.05, 0.1) is 17.1 Å². The largest absolute Gasteiger partial charge is 0.388 e. The number of hydrogen-bond acceptors (Lipinski definition) is 2. The molecule has 0 aliphatic heterocycles. The molecule has 0 amide bonds. The number of fused-ring (bicyclic) bond motifs is 1. The van der Waals surface area contributed by atoms with E-state index in [1.807, 2.05) is 13.0 Å². The summed E-state index contributed by atoms with van der Waals surface area (Å²) in [6, 6.07) is 5.41. The van der Waals surface area contributed by atoms with Crippen LogP contribution in [0.5, 0.6) is 0 Å². The van der Waals surface area contributed by atoms with Gasteiger partial charge in [-0.3, -0.25) is 0 Å². The van der Waals surface area contributed by atoms with Crippen LogP contribution in [-0.2, 0) is 0 Å². The molecule has 3 N–H and O–H groups in total. The summed E-state index contributed by atoms with van der Waals surface area (Å²) in [7, 11) is 0. The molecule has 0 unspecified atom stereocenters. The minimum absolute atomic E-state index is 0.219. The Hall–Kier alpha value is -1.55. The molecule has 1 aromatic carbocycles. The maximum Gasteiger partial charge on any atom is 0.323 e. The van der Waals surface area contributed by atoms with Crippen molar-refractivity contribution in [3.8, 4) is 0 Å². The van der Waals surface area contributed by atoms with E-state index in [4.69, 9.17) is 0 Å². The number of aromatic nitrogens is 2. The van der Waals surface area contributed by atoms with Gasteiger partial charge >= 0.3 is 5.69 Å². The normalized spacial score (nSPS) is 13.3. The summed E-state index contributed by atoms with van der Waals surface area (Å²) < 4.78 is 0. The van der Waals surface area contributed by atoms with E-state index in [0.29, 0.717) is 6.42 Å². The smallest absolute Gasteiger partial charge is 0.323 e. The second-order valence-corrected chi connectivity index (χ2v) is 3.31. The summed E-state index contributed by atoms with van der Waals surface area (Å²) in [4.78, 5) is 16.3. The summed E-state index contributed by atoms with van der Waals surface area (Å²) >= 11 is 0. The van der Waals surface area contributed by atoms with E-state index in [-0.39, 0.29) is 5.69 Å². The first-order valence-electron chi connectivity index (χ1n) is 4.60. The lowest BCUT2D eigenvalue weighted by Gasteiger charge is -2.06. The molecule has 2 aromatic rings. The highest BCUT2D eigenvalue weighted by Gasteiger charge is 2.06. The topological polar surface area (TPSA) is 68.9 Å². The number of H-pyrrole nitrogens is 2. The van der Waals surface area contributed by atoms with Crippen LogP contribution in [0.25, 0.3) is 11.0 Å². The molecule has 0 saturated carbocycles. The highest BCUT2D eigenvalue weighted by molar-refractivity contribution is 5.75. The van der Waals surface area contributed by atoms with Crippen molar-refractivity contribution in [3.63, 3.8) is 0 Å². The third kappa shape index (κ3) is 1.44. The number of rotatable bonds is 2. The Bertz CT molecular complexity index is 498. The molecule has 1 aromatic heterocycles. The van der Waals surface area contributed by atoms with Crippen LogP contribution in [0.15, 0.2) is 23.0 Å². The zero-order valence-electron chi connectivity index (χ0n) is 7.87. The first-order valence-corrected chi connectivity index (χ1v) is 4.60. The minimum atomic E-state index is -0.460. The van der Waals surface area contributed by atoms with Gasteiger partial charge in [0, 0.05) is 0 Å². The molecule has 14 heavy (non-hydrogen) atoms. The van der Waals surface area contributed by atoms with Crippen LogP contribution < -0.4 is 5.69 Å². The molecule has 2 rings (SSSR count). The Morgan fingerprint density at radius 3 is 2.79 bits per heavy atom. The quantitative estimate of drug-likeness (QED) is 0.671. The van der Waals surface area contributed by atoms with Gasteiger partial charge in [0.1, 0.15) is 0 Å². The van der Waals surface area contributed by atoms with Crippen LogP contribution in [0, 0.1) is 0 Å². The molecule has 0 fully saturated rings. The predicted molar refractivity (Wildman–Crippen MR) is 54.2 cm³/mol. The number of imidazole rings is 1. The average molecular weight is 192 g/mol. The van der Waals surface area contributed by atoms with Gasteiger partial charge in [-0.25, -0.2) is 4.79 Å². The lowest BCUT2D eigenvalue weighted by atomic mass is 10.1. The molecule has 0 saturated heterocycles. The second kappa shape index (κ2) is 3.31. The van der Waals surface area contributed by atoms with Crippen molar-refractivity contribution in [3.05, 3.63) is 34.2 Å². The van der Waals surface area contributed by atoms with Crippen molar-refractivity contribution < 1.29 is 5.11 Å². The molecule has 0 spiro atoms. The zero-order valence-corrected chi connectivity index (χ0v) is 7.87. The molecule has 4 nitrogen and oxygen atoms in total. The fraction of sp³-hybridized carbons (Fsp3) is 0.300. The maximum absolute atomic E-state index is 11.0. The van der Waals surface area contributed by atoms with Gasteiger partial charge in [-0.05, 0) is 24.1 Å². The van der Waals surface area contributed by atoms with E-state index in [0.717, 1.165) is 16.6 Å². The lowest BCUT2D eigenvalue weighted by Crippen LogP contribution is -1.99. The van der Waals surface area contributed by atoms with Gasteiger partial charge in [-0.15, -0.1) is 0 Å². The van der Waals surface area contributed by atoms with Gasteiger partial charge < -0.3 is 15.1 Å². The van der Waals surface area contributed by atoms with E-state index >= 15 is 0 Å². The van der Waals surface area contributed by atoms with Crippen LogP contribution in [0.1, 0.15) is 25.0 Å². The van der Waals surface area contributed by atoms with E-state index in [9.17, 15) is 9.90 Å². The molecule has 0 aliphatic rings. The summed E-state index contributed by atoms with van der Waals surface area (Å²) in [5, 5.41) is 9.59. The average Bonchev–Trinajstić information content (AvgIpc) is 2.55. The molecular formula is C10H12N2O2. The second-order valence-electron chi connectivity index (χ2n) is 3.31. The van der Waals surface area contributed by atoms with Crippen molar-refractivity contribution in [1.82, 2.24) is 9.97 Å². The van der Waals surface area contributed by atoms with E-state index < -0.39 is 6.10 Å². The van der Waals surface area contributed by atoms with Gasteiger partial charge in [0.2, 0.25) is 0 Å². The molecule has 1 atom stereocenters. The van der Waals surface area contributed by atoms with Crippen molar-refractivity contribution >= 4 is 11.0 Å². The van der Waals surface area contributed by atoms with Crippen LogP contribution in [-0.4, -0.2) is 15.1 Å². The number of aliphatic hydroxyl groups excluding tert-OH is 1. The Balaban J connectivity index is 2.55. The van der Waals surface area contributed by atoms with Gasteiger partial charge in [0.25, 0.3) is 0 Å². The molecular weight excluding hydrogens is 180 g/mol. The summed E-state index contributed by atoms with van der Waals surface area (Å²) in [6.07, 6.45) is 0.206. The third-order valence-electron chi connectivity index (χ3n) is 2.31. The van der Waals surface area contributed by atoms with Crippen LogP contribution in [0.2, 0.25) is 0 Å². The predicted octanol–water partition coefficient (Wildman–Crippen LogP) is 1.30. The lowest BCUT2D eigenvalue weighted by molar-refractivity contribution is 0.174. The number of nitrogens with one attached hydrogen (secondary N) is 2. The first kappa shape index (κ1) is 9.02. The molecule has 0 radical (unpaired) electrons. The Morgan fingerprint density at radius 2 is 2.07 bits per heavy atom. The fourth-order valence-corrected chi connectivity index (χ4v) is 1.49. The van der Waals surface area contributed by atoms with Crippen molar-refractivity contribution in [1.29, 1.82) is 0 Å². The van der Waals surface area contributed by atoms with Gasteiger partial charge in [0.15, 0.2) is 0 Å². The SMILES string of the molecule is CC[C@H](O)c1ccc2[nH]c(=O)[nH]c2c1. The van der Waals surface area contributed by atoms with Gasteiger partial charge in [-0.1, -0.05) is 13.0 Å².